The van der Waals surface area contributed by atoms with Gasteiger partial charge in [0.25, 0.3) is 0 Å². The number of amides is 1. The quantitative estimate of drug-likeness (QED) is 0.775. The Kier molecular flexibility index (Phi) is 6.31. The molecule has 3 heterocycles. The Bertz CT molecular complexity index is 378. The van der Waals surface area contributed by atoms with E-state index in [0.29, 0.717) is 30.4 Å². The van der Waals surface area contributed by atoms with Crippen molar-refractivity contribution in [3.63, 3.8) is 0 Å². The van der Waals surface area contributed by atoms with Gasteiger partial charge < -0.3 is 14.4 Å². The topological polar surface area (TPSA) is 42.0 Å². The van der Waals surface area contributed by atoms with E-state index < -0.39 is 0 Å². The fourth-order valence-electron chi connectivity index (χ4n) is 4.26. The van der Waals surface area contributed by atoms with E-state index >= 15 is 0 Å². The molecule has 132 valence electrons. The molecule has 0 radical (unpaired) electrons. The second kappa shape index (κ2) is 8.45. The Morgan fingerprint density at radius 3 is 2.65 bits per heavy atom. The van der Waals surface area contributed by atoms with Crippen molar-refractivity contribution in [1.29, 1.82) is 0 Å². The van der Waals surface area contributed by atoms with Gasteiger partial charge in [-0.05, 0) is 31.6 Å². The summed E-state index contributed by atoms with van der Waals surface area (Å²) in [6.07, 6.45) is 6.56. The first-order chi connectivity index (χ1) is 11.3. The smallest absolute Gasteiger partial charge is 0.222 e. The van der Waals surface area contributed by atoms with Gasteiger partial charge in [-0.1, -0.05) is 13.3 Å². The monoisotopic (exact) mass is 324 g/mol. The van der Waals surface area contributed by atoms with E-state index in [1.165, 1.54) is 12.8 Å². The van der Waals surface area contributed by atoms with Gasteiger partial charge in [0.15, 0.2) is 0 Å². The highest BCUT2D eigenvalue weighted by Gasteiger charge is 2.37. The fraction of sp³-hybridized carbons (Fsp3) is 0.944. The van der Waals surface area contributed by atoms with Crippen LogP contribution in [0.15, 0.2) is 0 Å². The van der Waals surface area contributed by atoms with Gasteiger partial charge in [0.2, 0.25) is 5.91 Å². The minimum atomic E-state index is 0.312. The van der Waals surface area contributed by atoms with Crippen molar-refractivity contribution in [2.45, 2.75) is 57.6 Å². The number of hydrogen-bond donors (Lipinski definition) is 0. The molecule has 3 aliphatic rings. The van der Waals surface area contributed by atoms with Gasteiger partial charge in [0, 0.05) is 45.2 Å². The molecule has 0 aliphatic carbocycles. The number of nitrogens with zero attached hydrogens (tertiary/aromatic N) is 2. The summed E-state index contributed by atoms with van der Waals surface area (Å²) in [6, 6.07) is 0.527. The highest BCUT2D eigenvalue weighted by Crippen LogP contribution is 2.27. The molecule has 3 rings (SSSR count). The first-order valence-electron chi connectivity index (χ1n) is 9.49. The van der Waals surface area contributed by atoms with Crippen molar-refractivity contribution in [2.24, 2.45) is 5.92 Å². The van der Waals surface area contributed by atoms with Crippen molar-refractivity contribution < 1.29 is 14.3 Å². The summed E-state index contributed by atoms with van der Waals surface area (Å²) in [4.78, 5) is 17.3. The fourth-order valence-corrected chi connectivity index (χ4v) is 4.26. The second-order valence-electron chi connectivity index (χ2n) is 7.21. The Morgan fingerprint density at radius 1 is 1.13 bits per heavy atom. The average molecular weight is 324 g/mol. The predicted octanol–water partition coefficient (Wildman–Crippen LogP) is 1.90. The summed E-state index contributed by atoms with van der Waals surface area (Å²) in [5.41, 5.74) is 0. The number of rotatable bonds is 5. The molecule has 3 fully saturated rings. The maximum Gasteiger partial charge on any atom is 0.222 e. The van der Waals surface area contributed by atoms with E-state index in [1.807, 2.05) is 0 Å². The Balaban J connectivity index is 1.48. The third kappa shape index (κ3) is 4.46. The van der Waals surface area contributed by atoms with Crippen LogP contribution < -0.4 is 0 Å². The number of hydrogen-bond acceptors (Lipinski definition) is 4. The van der Waals surface area contributed by atoms with Crippen LogP contribution in [0.1, 0.15) is 45.4 Å². The van der Waals surface area contributed by atoms with Crippen LogP contribution in [-0.4, -0.2) is 73.9 Å². The highest BCUT2D eigenvalue weighted by molar-refractivity contribution is 5.76. The highest BCUT2D eigenvalue weighted by atomic mass is 16.5. The standard InChI is InChI=1S/C18H32N2O3/c1-2-15-13-20(14-17(15)19-8-11-22-12-9-19)18(21)7-6-16-5-3-4-10-23-16/h15-17H,2-14H2,1H3/t15-,16+,17+/m1/s1. The van der Waals surface area contributed by atoms with Gasteiger partial charge in [0.1, 0.15) is 0 Å². The van der Waals surface area contributed by atoms with E-state index in [9.17, 15) is 4.79 Å². The molecule has 0 bridgehead atoms. The lowest BCUT2D eigenvalue weighted by atomic mass is 9.99. The summed E-state index contributed by atoms with van der Waals surface area (Å²) in [5.74, 6) is 0.941. The summed E-state index contributed by atoms with van der Waals surface area (Å²) < 4.78 is 11.2. The number of carbonyl (C=O) groups is 1. The normalized spacial score (nSPS) is 33.1. The van der Waals surface area contributed by atoms with Crippen LogP contribution in [0.4, 0.5) is 0 Å². The molecule has 0 N–H and O–H groups in total. The molecule has 0 aromatic rings. The van der Waals surface area contributed by atoms with Gasteiger partial charge in [-0.15, -0.1) is 0 Å². The molecule has 0 saturated carbocycles. The zero-order chi connectivity index (χ0) is 16.1. The second-order valence-corrected chi connectivity index (χ2v) is 7.21. The van der Waals surface area contributed by atoms with Crippen LogP contribution in [0.3, 0.4) is 0 Å². The molecule has 23 heavy (non-hydrogen) atoms. The first kappa shape index (κ1) is 17.2. The van der Waals surface area contributed by atoms with Gasteiger partial charge in [-0.3, -0.25) is 9.69 Å². The van der Waals surface area contributed by atoms with Crippen molar-refractivity contribution >= 4 is 5.91 Å². The average Bonchev–Trinajstić information content (AvgIpc) is 3.06. The Morgan fingerprint density at radius 2 is 1.96 bits per heavy atom. The lowest BCUT2D eigenvalue weighted by Crippen LogP contribution is -2.47. The SMILES string of the molecule is CC[C@@H]1CN(C(=O)CC[C@@H]2CCCCO2)C[C@@H]1N1CCOCC1. The number of morpholine rings is 1. The van der Waals surface area contributed by atoms with Gasteiger partial charge in [-0.25, -0.2) is 0 Å². The summed E-state index contributed by atoms with van der Waals surface area (Å²) in [7, 11) is 0. The van der Waals surface area contributed by atoms with Crippen molar-refractivity contribution in [1.82, 2.24) is 9.80 Å². The molecule has 0 spiro atoms. The van der Waals surface area contributed by atoms with Gasteiger partial charge in [0.05, 0.1) is 19.3 Å². The Hall–Kier alpha value is -0.650. The molecule has 3 atom stereocenters. The minimum absolute atomic E-state index is 0.312. The zero-order valence-corrected chi connectivity index (χ0v) is 14.5. The number of likely N-dealkylation sites (tertiary alicyclic amines) is 1. The third-order valence-corrected chi connectivity index (χ3v) is 5.75. The molecule has 5 heteroatoms. The number of carbonyl (C=O) groups excluding carboxylic acids is 1. The van der Waals surface area contributed by atoms with E-state index in [-0.39, 0.29) is 0 Å². The van der Waals surface area contributed by atoms with E-state index in [4.69, 9.17) is 9.47 Å². The molecular weight excluding hydrogens is 292 g/mol. The third-order valence-electron chi connectivity index (χ3n) is 5.75. The van der Waals surface area contributed by atoms with Gasteiger partial charge in [-0.2, -0.15) is 0 Å². The minimum Gasteiger partial charge on any atom is -0.379 e. The molecule has 0 unspecified atom stereocenters. The first-order valence-corrected chi connectivity index (χ1v) is 9.49. The summed E-state index contributed by atoms with van der Waals surface area (Å²) in [6.45, 7) is 8.66. The van der Waals surface area contributed by atoms with Crippen LogP contribution in [0.25, 0.3) is 0 Å². The number of ether oxygens (including phenoxy) is 2. The molecule has 3 saturated heterocycles. The summed E-state index contributed by atoms with van der Waals surface area (Å²) in [5, 5.41) is 0. The summed E-state index contributed by atoms with van der Waals surface area (Å²) >= 11 is 0. The van der Waals surface area contributed by atoms with E-state index in [1.54, 1.807) is 0 Å². The van der Waals surface area contributed by atoms with Crippen LogP contribution in [-0.2, 0) is 14.3 Å². The molecular formula is C18H32N2O3. The van der Waals surface area contributed by atoms with Crippen molar-refractivity contribution in [2.75, 3.05) is 46.0 Å². The molecule has 0 aromatic heterocycles. The Labute approximate surface area is 140 Å². The maximum atomic E-state index is 12.6. The largest absolute Gasteiger partial charge is 0.379 e. The lowest BCUT2D eigenvalue weighted by Gasteiger charge is -2.34. The van der Waals surface area contributed by atoms with Crippen LogP contribution in [0, 0.1) is 5.92 Å². The van der Waals surface area contributed by atoms with Crippen LogP contribution in [0.5, 0.6) is 0 Å². The molecule has 0 aromatic carbocycles. The maximum absolute atomic E-state index is 12.6. The van der Waals surface area contributed by atoms with Crippen molar-refractivity contribution in [3.8, 4) is 0 Å². The van der Waals surface area contributed by atoms with E-state index in [2.05, 4.69) is 16.7 Å². The lowest BCUT2D eigenvalue weighted by molar-refractivity contribution is -0.131. The molecule has 3 aliphatic heterocycles. The molecule has 5 nitrogen and oxygen atoms in total. The van der Waals surface area contributed by atoms with Crippen LogP contribution in [0.2, 0.25) is 0 Å². The van der Waals surface area contributed by atoms with Gasteiger partial charge >= 0.3 is 0 Å². The zero-order valence-electron chi connectivity index (χ0n) is 14.5. The van der Waals surface area contributed by atoms with Crippen molar-refractivity contribution in [3.05, 3.63) is 0 Å². The molecule has 1 amide bonds. The van der Waals surface area contributed by atoms with E-state index in [0.717, 1.165) is 65.3 Å². The predicted molar refractivity (Wildman–Crippen MR) is 89.4 cm³/mol. The van der Waals surface area contributed by atoms with Crippen LogP contribution >= 0.6 is 0 Å².